The van der Waals surface area contributed by atoms with Crippen molar-refractivity contribution < 1.29 is 9.34 Å². The minimum absolute atomic E-state index is 0.0299. The van der Waals surface area contributed by atoms with E-state index >= 15 is 0 Å². The minimum Gasteiger partial charge on any atom is -0.424 e. The van der Waals surface area contributed by atoms with Gasteiger partial charge in [-0.1, -0.05) is 13.8 Å². The monoisotopic (exact) mass is 289 g/mol. The summed E-state index contributed by atoms with van der Waals surface area (Å²) in [4.78, 5) is 14.7. The van der Waals surface area contributed by atoms with E-state index in [9.17, 15) is 10.1 Å². The van der Waals surface area contributed by atoms with Gasteiger partial charge in [0.2, 0.25) is 0 Å². The molecule has 1 aromatic heterocycles. The first kappa shape index (κ1) is 13.9. The largest absolute Gasteiger partial charge is 0.424 e. The zero-order chi connectivity index (χ0) is 15.0. The van der Waals surface area contributed by atoms with Crippen molar-refractivity contribution >= 4 is 22.8 Å². The number of hydrogen-bond acceptors (Lipinski definition) is 5. The van der Waals surface area contributed by atoms with Crippen LogP contribution in [0.2, 0.25) is 0 Å². The van der Waals surface area contributed by atoms with Crippen molar-refractivity contribution in [2.24, 2.45) is 11.8 Å². The molecular formula is C15H19N3O3. The van der Waals surface area contributed by atoms with Crippen LogP contribution in [-0.4, -0.2) is 15.9 Å². The van der Waals surface area contributed by atoms with E-state index in [1.807, 2.05) is 0 Å². The van der Waals surface area contributed by atoms with E-state index < -0.39 is 4.92 Å². The zero-order valence-electron chi connectivity index (χ0n) is 12.2. The summed E-state index contributed by atoms with van der Waals surface area (Å²) in [5, 5.41) is 14.1. The molecule has 1 heterocycles. The number of non-ortho nitro benzene ring substituents is 1. The lowest BCUT2D eigenvalue weighted by Crippen LogP contribution is -2.30. The Morgan fingerprint density at radius 3 is 2.67 bits per heavy atom. The molecule has 1 fully saturated rings. The summed E-state index contributed by atoms with van der Waals surface area (Å²) in [5.41, 5.74) is 1.12. The lowest BCUT2D eigenvalue weighted by atomic mass is 9.80. The predicted molar refractivity (Wildman–Crippen MR) is 80.3 cm³/mol. The molecule has 0 saturated heterocycles. The lowest BCUT2D eigenvalue weighted by Gasteiger charge is -2.31. The Hall–Kier alpha value is -2.11. The van der Waals surface area contributed by atoms with Crippen LogP contribution in [0.4, 0.5) is 11.7 Å². The SMILES string of the molecule is CC1CC(C)CC(Nc2nc3cc([N+](=O)[O-])ccc3o2)C1. The van der Waals surface area contributed by atoms with Gasteiger partial charge in [0.1, 0.15) is 5.52 Å². The van der Waals surface area contributed by atoms with Gasteiger partial charge in [-0.05, 0) is 37.2 Å². The first-order chi connectivity index (χ1) is 10.0. The van der Waals surface area contributed by atoms with E-state index in [1.54, 1.807) is 6.07 Å². The molecule has 2 aromatic rings. The van der Waals surface area contributed by atoms with Crippen LogP contribution >= 0.6 is 0 Å². The average molecular weight is 289 g/mol. The van der Waals surface area contributed by atoms with Gasteiger partial charge in [-0.2, -0.15) is 4.98 Å². The molecule has 0 radical (unpaired) electrons. The van der Waals surface area contributed by atoms with E-state index in [2.05, 4.69) is 24.1 Å². The number of nitrogens with zero attached hydrogens (tertiary/aromatic N) is 2. The number of hydrogen-bond donors (Lipinski definition) is 1. The Balaban J connectivity index is 1.79. The van der Waals surface area contributed by atoms with Crippen LogP contribution in [0.25, 0.3) is 11.1 Å². The molecule has 1 aliphatic rings. The number of nitro groups is 1. The summed E-state index contributed by atoms with van der Waals surface area (Å²) in [6, 6.07) is 5.28. The van der Waals surface area contributed by atoms with E-state index in [0.717, 1.165) is 12.8 Å². The number of nitro benzene ring substituents is 1. The molecule has 6 heteroatoms. The molecule has 21 heavy (non-hydrogen) atoms. The minimum atomic E-state index is -0.425. The third-order valence-corrected chi connectivity index (χ3v) is 4.09. The molecule has 0 spiro atoms. The van der Waals surface area contributed by atoms with Gasteiger partial charge in [0.05, 0.1) is 4.92 Å². The Labute approximate surface area is 122 Å². The quantitative estimate of drug-likeness (QED) is 0.683. The molecular weight excluding hydrogens is 270 g/mol. The number of aromatic nitrogens is 1. The molecule has 0 bridgehead atoms. The maximum Gasteiger partial charge on any atom is 0.295 e. The fraction of sp³-hybridized carbons (Fsp3) is 0.533. The summed E-state index contributed by atoms with van der Waals surface area (Å²) in [5.74, 6) is 1.38. The van der Waals surface area contributed by atoms with Crippen LogP contribution in [0.1, 0.15) is 33.1 Å². The number of oxazole rings is 1. The maximum absolute atomic E-state index is 10.8. The highest BCUT2D eigenvalue weighted by Crippen LogP contribution is 2.31. The van der Waals surface area contributed by atoms with Crippen molar-refractivity contribution in [2.45, 2.75) is 39.2 Å². The van der Waals surface area contributed by atoms with E-state index in [1.165, 1.54) is 18.6 Å². The van der Waals surface area contributed by atoms with Crippen LogP contribution in [0.15, 0.2) is 22.6 Å². The topological polar surface area (TPSA) is 81.2 Å². The average Bonchev–Trinajstić information content (AvgIpc) is 2.78. The lowest BCUT2D eigenvalue weighted by molar-refractivity contribution is -0.384. The predicted octanol–water partition coefficient (Wildman–Crippen LogP) is 3.97. The highest BCUT2D eigenvalue weighted by atomic mass is 16.6. The van der Waals surface area contributed by atoms with Crippen molar-refractivity contribution in [3.8, 4) is 0 Å². The Kier molecular flexibility index (Phi) is 3.53. The normalized spacial score (nSPS) is 25.9. The van der Waals surface area contributed by atoms with Crippen molar-refractivity contribution in [1.82, 2.24) is 4.98 Å². The smallest absolute Gasteiger partial charge is 0.295 e. The van der Waals surface area contributed by atoms with Crippen LogP contribution in [0, 0.1) is 22.0 Å². The van der Waals surface area contributed by atoms with Gasteiger partial charge in [-0.25, -0.2) is 0 Å². The van der Waals surface area contributed by atoms with Gasteiger partial charge in [0.25, 0.3) is 11.7 Å². The second-order valence-electron chi connectivity index (χ2n) is 6.19. The first-order valence-corrected chi connectivity index (χ1v) is 7.33. The summed E-state index contributed by atoms with van der Waals surface area (Å²) in [6.45, 7) is 4.53. The van der Waals surface area contributed by atoms with Gasteiger partial charge < -0.3 is 9.73 Å². The van der Waals surface area contributed by atoms with Gasteiger partial charge >= 0.3 is 0 Å². The molecule has 2 unspecified atom stereocenters. The number of benzene rings is 1. The number of rotatable bonds is 3. The van der Waals surface area contributed by atoms with Crippen molar-refractivity contribution in [1.29, 1.82) is 0 Å². The Bertz CT molecular complexity index is 657. The Morgan fingerprint density at radius 2 is 2.00 bits per heavy atom. The molecule has 1 aromatic carbocycles. The third-order valence-electron chi connectivity index (χ3n) is 4.09. The second kappa shape index (κ2) is 5.35. The molecule has 1 saturated carbocycles. The number of anilines is 1. The van der Waals surface area contributed by atoms with Crippen LogP contribution < -0.4 is 5.32 Å². The van der Waals surface area contributed by atoms with E-state index in [0.29, 0.717) is 35.0 Å². The Morgan fingerprint density at radius 1 is 1.29 bits per heavy atom. The summed E-state index contributed by atoms with van der Waals surface area (Å²) in [7, 11) is 0. The molecule has 112 valence electrons. The first-order valence-electron chi connectivity index (χ1n) is 7.33. The van der Waals surface area contributed by atoms with Gasteiger partial charge in [0.15, 0.2) is 5.58 Å². The van der Waals surface area contributed by atoms with Crippen molar-refractivity contribution in [2.75, 3.05) is 5.32 Å². The maximum atomic E-state index is 10.8. The fourth-order valence-corrected chi connectivity index (χ4v) is 3.33. The fourth-order valence-electron chi connectivity index (χ4n) is 3.33. The zero-order valence-corrected chi connectivity index (χ0v) is 12.2. The molecule has 2 atom stereocenters. The molecule has 0 amide bonds. The summed E-state index contributed by atoms with van der Waals surface area (Å²) >= 11 is 0. The second-order valence-corrected chi connectivity index (χ2v) is 6.19. The van der Waals surface area contributed by atoms with Gasteiger partial charge in [-0.3, -0.25) is 10.1 Å². The number of fused-ring (bicyclic) bond motifs is 1. The van der Waals surface area contributed by atoms with E-state index in [-0.39, 0.29) is 5.69 Å². The van der Waals surface area contributed by atoms with Crippen molar-refractivity contribution in [3.63, 3.8) is 0 Å². The van der Waals surface area contributed by atoms with Crippen LogP contribution in [0.3, 0.4) is 0 Å². The standard InChI is InChI=1S/C15H19N3O3/c1-9-5-10(2)7-11(6-9)16-15-17-13-8-12(18(19)20)3-4-14(13)21-15/h3-4,8-11H,5-7H2,1-2H3,(H,16,17). The van der Waals surface area contributed by atoms with Crippen LogP contribution in [0.5, 0.6) is 0 Å². The summed E-state index contributed by atoms with van der Waals surface area (Å²) in [6.07, 6.45) is 3.46. The molecule has 3 rings (SSSR count). The van der Waals surface area contributed by atoms with Gasteiger partial charge in [0, 0.05) is 18.2 Å². The third kappa shape index (κ3) is 2.99. The van der Waals surface area contributed by atoms with Gasteiger partial charge in [-0.15, -0.1) is 0 Å². The molecule has 1 N–H and O–H groups in total. The van der Waals surface area contributed by atoms with Crippen LogP contribution in [-0.2, 0) is 0 Å². The number of nitrogens with one attached hydrogen (secondary N) is 1. The highest BCUT2D eigenvalue weighted by Gasteiger charge is 2.25. The van der Waals surface area contributed by atoms with Crippen molar-refractivity contribution in [3.05, 3.63) is 28.3 Å². The molecule has 6 nitrogen and oxygen atoms in total. The molecule has 0 aliphatic heterocycles. The van der Waals surface area contributed by atoms with E-state index in [4.69, 9.17) is 4.42 Å². The summed E-state index contributed by atoms with van der Waals surface area (Å²) < 4.78 is 5.63. The highest BCUT2D eigenvalue weighted by molar-refractivity contribution is 5.77. The molecule has 1 aliphatic carbocycles.